The third-order valence-corrected chi connectivity index (χ3v) is 4.47. The lowest BCUT2D eigenvalue weighted by atomic mass is 10.1. The molecular formula is C11H18BrNOS. The summed E-state index contributed by atoms with van der Waals surface area (Å²) in [7, 11) is 0. The molecule has 86 valence electrons. The molecule has 0 amide bonds. The van der Waals surface area contributed by atoms with Gasteiger partial charge in [0.05, 0.1) is 6.10 Å². The molecule has 0 aliphatic rings. The summed E-state index contributed by atoms with van der Waals surface area (Å²) in [6, 6.07) is 2.13. The highest BCUT2D eigenvalue weighted by molar-refractivity contribution is 9.10. The normalized spacial score (nSPS) is 13.5. The Morgan fingerprint density at radius 2 is 2.20 bits per heavy atom. The van der Waals surface area contributed by atoms with Crippen LogP contribution in [0.2, 0.25) is 0 Å². The van der Waals surface area contributed by atoms with Crippen molar-refractivity contribution in [3.63, 3.8) is 0 Å². The minimum Gasteiger partial charge on any atom is -0.392 e. The second kappa shape index (κ2) is 5.99. The van der Waals surface area contributed by atoms with E-state index in [-0.39, 0.29) is 6.10 Å². The van der Waals surface area contributed by atoms with E-state index in [1.54, 1.807) is 11.3 Å². The smallest absolute Gasteiger partial charge is 0.0687 e. The predicted molar refractivity (Wildman–Crippen MR) is 69.3 cm³/mol. The molecule has 0 fully saturated rings. The van der Waals surface area contributed by atoms with Crippen LogP contribution < -0.4 is 5.32 Å². The molecule has 1 aromatic rings. The molecule has 2 N–H and O–H groups in total. The lowest BCUT2D eigenvalue weighted by Crippen LogP contribution is -2.29. The Kier molecular flexibility index (Phi) is 5.26. The second-order valence-corrected chi connectivity index (χ2v) is 6.25. The first-order chi connectivity index (χ1) is 7.00. The molecule has 0 aliphatic heterocycles. The third kappa shape index (κ3) is 4.23. The number of nitrogens with one attached hydrogen (secondary N) is 1. The van der Waals surface area contributed by atoms with E-state index >= 15 is 0 Å². The summed E-state index contributed by atoms with van der Waals surface area (Å²) in [4.78, 5) is 2.60. The van der Waals surface area contributed by atoms with Crippen LogP contribution in [0, 0.1) is 12.8 Å². The number of hydrogen-bond acceptors (Lipinski definition) is 3. The fourth-order valence-corrected chi connectivity index (χ4v) is 2.76. The highest BCUT2D eigenvalue weighted by Crippen LogP contribution is 2.26. The van der Waals surface area contributed by atoms with Crippen molar-refractivity contribution in [3.05, 3.63) is 20.3 Å². The zero-order valence-electron chi connectivity index (χ0n) is 9.38. The van der Waals surface area contributed by atoms with Gasteiger partial charge in [0.1, 0.15) is 0 Å². The van der Waals surface area contributed by atoms with Gasteiger partial charge in [-0.05, 0) is 34.8 Å². The fourth-order valence-electron chi connectivity index (χ4n) is 1.18. The van der Waals surface area contributed by atoms with E-state index in [9.17, 15) is 5.11 Å². The van der Waals surface area contributed by atoms with Crippen molar-refractivity contribution in [1.82, 2.24) is 5.32 Å². The maximum absolute atomic E-state index is 9.60. The number of hydrogen-bond donors (Lipinski definition) is 2. The Hall–Kier alpha value is 0.100. The molecule has 0 radical (unpaired) electrons. The fraction of sp³-hybridized carbons (Fsp3) is 0.636. The molecule has 0 saturated heterocycles. The van der Waals surface area contributed by atoms with Gasteiger partial charge in [0, 0.05) is 27.3 Å². The van der Waals surface area contributed by atoms with Crippen LogP contribution in [0.15, 0.2) is 10.5 Å². The summed E-state index contributed by atoms with van der Waals surface area (Å²) in [5, 5.41) is 12.9. The molecule has 1 rings (SSSR count). The second-order valence-electron chi connectivity index (χ2n) is 4.06. The van der Waals surface area contributed by atoms with Gasteiger partial charge in [-0.15, -0.1) is 11.3 Å². The van der Waals surface area contributed by atoms with E-state index in [0.717, 1.165) is 6.54 Å². The number of halogens is 1. The highest BCUT2D eigenvalue weighted by Gasteiger charge is 2.08. The molecule has 0 bridgehead atoms. The lowest BCUT2D eigenvalue weighted by Gasteiger charge is -2.14. The van der Waals surface area contributed by atoms with E-state index < -0.39 is 0 Å². The first-order valence-corrected chi connectivity index (χ1v) is 6.75. The zero-order chi connectivity index (χ0) is 11.4. The number of aliphatic hydroxyl groups is 1. The van der Waals surface area contributed by atoms with E-state index in [0.29, 0.717) is 12.5 Å². The summed E-state index contributed by atoms with van der Waals surface area (Å²) < 4.78 is 1.17. The molecule has 1 heterocycles. The topological polar surface area (TPSA) is 32.3 Å². The minimum atomic E-state index is -0.255. The van der Waals surface area contributed by atoms with Crippen LogP contribution in [0.25, 0.3) is 0 Å². The van der Waals surface area contributed by atoms with Crippen LogP contribution in [-0.2, 0) is 6.54 Å². The Morgan fingerprint density at radius 1 is 1.53 bits per heavy atom. The average Bonchev–Trinajstić information content (AvgIpc) is 2.46. The molecule has 0 spiro atoms. The minimum absolute atomic E-state index is 0.255. The standard InChI is InChI=1S/C11H18BrNOS/c1-7(2)11(14)6-13-5-9-4-10(12)8(3)15-9/h4,7,11,13-14H,5-6H2,1-3H3. The van der Waals surface area contributed by atoms with Gasteiger partial charge in [-0.2, -0.15) is 0 Å². The molecule has 0 saturated carbocycles. The summed E-state index contributed by atoms with van der Waals surface area (Å²) in [5.41, 5.74) is 0. The van der Waals surface area contributed by atoms with Crippen molar-refractivity contribution in [2.75, 3.05) is 6.54 Å². The van der Waals surface area contributed by atoms with Crippen molar-refractivity contribution in [1.29, 1.82) is 0 Å². The van der Waals surface area contributed by atoms with E-state index in [2.05, 4.69) is 34.2 Å². The average molecular weight is 292 g/mol. The monoisotopic (exact) mass is 291 g/mol. The molecule has 0 aromatic carbocycles. The Labute approximate surface area is 104 Å². The Balaban J connectivity index is 2.32. The maximum atomic E-state index is 9.60. The van der Waals surface area contributed by atoms with Crippen molar-refractivity contribution in [3.8, 4) is 0 Å². The van der Waals surface area contributed by atoms with Gasteiger partial charge in [-0.1, -0.05) is 13.8 Å². The molecule has 0 aliphatic carbocycles. The van der Waals surface area contributed by atoms with Crippen LogP contribution in [0.5, 0.6) is 0 Å². The molecule has 1 aromatic heterocycles. The molecule has 15 heavy (non-hydrogen) atoms. The van der Waals surface area contributed by atoms with Gasteiger partial charge in [0.25, 0.3) is 0 Å². The van der Waals surface area contributed by atoms with Gasteiger partial charge in [0.2, 0.25) is 0 Å². The summed E-state index contributed by atoms with van der Waals surface area (Å²) >= 11 is 5.28. The van der Waals surface area contributed by atoms with Crippen molar-refractivity contribution >= 4 is 27.3 Å². The molecule has 1 unspecified atom stereocenters. The van der Waals surface area contributed by atoms with Crippen LogP contribution in [0.4, 0.5) is 0 Å². The third-order valence-electron chi connectivity index (χ3n) is 2.33. The Bertz CT molecular complexity index is 292. The Morgan fingerprint density at radius 3 is 2.67 bits per heavy atom. The van der Waals surface area contributed by atoms with Crippen molar-refractivity contribution in [2.45, 2.75) is 33.4 Å². The first kappa shape index (κ1) is 13.2. The summed E-state index contributed by atoms with van der Waals surface area (Å²) in [5.74, 6) is 0.314. The van der Waals surface area contributed by atoms with E-state index in [4.69, 9.17) is 0 Å². The van der Waals surface area contributed by atoms with Crippen molar-refractivity contribution in [2.24, 2.45) is 5.92 Å². The first-order valence-electron chi connectivity index (χ1n) is 5.14. The van der Waals surface area contributed by atoms with Gasteiger partial charge in [0.15, 0.2) is 0 Å². The van der Waals surface area contributed by atoms with Gasteiger partial charge in [-0.3, -0.25) is 0 Å². The van der Waals surface area contributed by atoms with Crippen LogP contribution in [0.1, 0.15) is 23.6 Å². The van der Waals surface area contributed by atoms with E-state index in [1.807, 2.05) is 13.8 Å². The zero-order valence-corrected chi connectivity index (χ0v) is 11.8. The lowest BCUT2D eigenvalue weighted by molar-refractivity contribution is 0.123. The highest BCUT2D eigenvalue weighted by atomic mass is 79.9. The number of aliphatic hydroxyl groups excluding tert-OH is 1. The largest absolute Gasteiger partial charge is 0.392 e. The van der Waals surface area contributed by atoms with Crippen LogP contribution in [0.3, 0.4) is 0 Å². The molecule has 4 heteroatoms. The maximum Gasteiger partial charge on any atom is 0.0687 e. The van der Waals surface area contributed by atoms with Crippen molar-refractivity contribution < 1.29 is 5.11 Å². The van der Waals surface area contributed by atoms with Gasteiger partial charge in [-0.25, -0.2) is 0 Å². The summed E-state index contributed by atoms with van der Waals surface area (Å²) in [6.45, 7) is 7.64. The number of rotatable bonds is 5. The van der Waals surface area contributed by atoms with E-state index in [1.165, 1.54) is 14.2 Å². The van der Waals surface area contributed by atoms with Gasteiger partial charge >= 0.3 is 0 Å². The van der Waals surface area contributed by atoms with Crippen LogP contribution >= 0.6 is 27.3 Å². The molecule has 1 atom stereocenters. The number of thiophene rings is 1. The molecule has 2 nitrogen and oxygen atoms in total. The summed E-state index contributed by atoms with van der Waals surface area (Å²) in [6.07, 6.45) is -0.255. The predicted octanol–water partition coefficient (Wildman–Crippen LogP) is 2.93. The van der Waals surface area contributed by atoms with Crippen LogP contribution in [-0.4, -0.2) is 17.8 Å². The SMILES string of the molecule is Cc1sc(CNCC(O)C(C)C)cc1Br. The quantitative estimate of drug-likeness (QED) is 0.874. The molecular weight excluding hydrogens is 274 g/mol. The van der Waals surface area contributed by atoms with Gasteiger partial charge < -0.3 is 10.4 Å². The number of aryl methyl sites for hydroxylation is 1.